The number of hydrazine groups is 2. The highest BCUT2D eigenvalue weighted by Crippen LogP contribution is 2.38. The Morgan fingerprint density at radius 1 is 0.603 bits per heavy atom. The number of fused-ring (bicyclic) bond motifs is 2. The van der Waals surface area contributed by atoms with Gasteiger partial charge in [-0.2, -0.15) is 0 Å². The van der Waals surface area contributed by atoms with Gasteiger partial charge in [0.15, 0.2) is 35.4 Å². The van der Waals surface area contributed by atoms with Crippen LogP contribution in [0.1, 0.15) is 116 Å². The third-order valence-electron chi connectivity index (χ3n) is 10.1. The minimum atomic E-state index is -1.16. The van der Waals surface area contributed by atoms with Crippen molar-refractivity contribution in [3.63, 3.8) is 0 Å². The summed E-state index contributed by atoms with van der Waals surface area (Å²) in [6.07, 6.45) is -1.21. The van der Waals surface area contributed by atoms with Crippen LogP contribution < -0.4 is 29.8 Å². The van der Waals surface area contributed by atoms with Crippen molar-refractivity contribution in [2.75, 3.05) is 13.2 Å². The summed E-state index contributed by atoms with van der Waals surface area (Å²) in [6, 6.07) is 17.5. The molecule has 0 aliphatic carbocycles. The first-order valence-electron chi connectivity index (χ1n) is 20.4. The zero-order valence-corrected chi connectivity index (χ0v) is 37.8. The van der Waals surface area contributed by atoms with Gasteiger partial charge in [0.25, 0.3) is 23.6 Å². The fraction of sp³-hybridized carbons (Fsp3) is 0.375. The molecule has 2 aliphatic rings. The summed E-state index contributed by atoms with van der Waals surface area (Å²) < 4.78 is 22.2. The van der Waals surface area contributed by atoms with Crippen LogP contribution in [0.3, 0.4) is 0 Å². The normalized spacial score (nSPS) is 15.2. The summed E-state index contributed by atoms with van der Waals surface area (Å²) in [4.78, 5) is 75.3. The van der Waals surface area contributed by atoms with Gasteiger partial charge < -0.3 is 24.1 Å². The molecule has 6 rings (SSSR count). The van der Waals surface area contributed by atoms with Crippen molar-refractivity contribution in [2.24, 2.45) is 0 Å². The van der Waals surface area contributed by atoms with Gasteiger partial charge in [-0.25, -0.2) is 14.8 Å². The Kier molecular flexibility index (Phi) is 13.9. The Labute approximate surface area is 367 Å². The number of amides is 4. The van der Waals surface area contributed by atoms with Crippen molar-refractivity contribution in [3.05, 3.63) is 116 Å². The van der Waals surface area contributed by atoms with Gasteiger partial charge in [-0.1, -0.05) is 34.4 Å². The third kappa shape index (κ3) is 11.0. The number of nitrogens with zero attached hydrogens (tertiary/aromatic N) is 2. The Morgan fingerprint density at radius 2 is 0.984 bits per heavy atom. The number of carboxylic acid groups (broad SMARTS) is 1. The lowest BCUT2D eigenvalue weighted by Crippen LogP contribution is -2.56. The largest absolute Gasteiger partial charge is 0.485 e. The average Bonchev–Trinajstić information content (AvgIpc) is 3.20. The van der Waals surface area contributed by atoms with Crippen LogP contribution in [0.4, 0.5) is 0 Å². The number of aldehydes is 1. The highest BCUT2D eigenvalue weighted by Gasteiger charge is 2.34. The first-order chi connectivity index (χ1) is 29.4. The molecule has 2 aliphatic heterocycles. The Balaban J connectivity index is 0.000000238. The van der Waals surface area contributed by atoms with E-state index in [1.807, 2.05) is 81.4 Å². The van der Waals surface area contributed by atoms with E-state index in [2.05, 4.69) is 10.9 Å². The van der Waals surface area contributed by atoms with E-state index in [0.29, 0.717) is 51.4 Å². The molecule has 2 atom stereocenters. The molecule has 0 aromatic heterocycles. The van der Waals surface area contributed by atoms with Gasteiger partial charge in [-0.15, -0.1) is 0 Å². The quantitative estimate of drug-likeness (QED) is 0.134. The molecule has 2 heterocycles. The van der Waals surface area contributed by atoms with Gasteiger partial charge in [-0.3, -0.25) is 34.8 Å². The monoisotopic (exact) mass is 864 g/mol. The van der Waals surface area contributed by atoms with E-state index in [1.165, 1.54) is 10.0 Å². The first kappa shape index (κ1) is 47.2. The van der Waals surface area contributed by atoms with Gasteiger partial charge in [0, 0.05) is 33.4 Å². The third-order valence-corrected chi connectivity index (χ3v) is 10.1. The van der Waals surface area contributed by atoms with Gasteiger partial charge >= 0.3 is 5.97 Å². The number of nitrogens with one attached hydrogen (secondary N) is 2. The summed E-state index contributed by atoms with van der Waals surface area (Å²) in [5.74, 6) is -1.34. The molecule has 0 fully saturated rings. The van der Waals surface area contributed by atoms with Crippen LogP contribution in [0.5, 0.6) is 23.0 Å². The van der Waals surface area contributed by atoms with Crippen LogP contribution in [-0.2, 0) is 9.59 Å². The predicted octanol–water partition coefficient (Wildman–Crippen LogP) is 6.96. The van der Waals surface area contributed by atoms with Crippen LogP contribution in [-0.4, -0.2) is 87.5 Å². The van der Waals surface area contributed by atoms with Crippen molar-refractivity contribution < 1.29 is 52.8 Å². The number of hydrogen-bond donors (Lipinski definition) is 3. The summed E-state index contributed by atoms with van der Waals surface area (Å²) >= 11 is 0. The second-order valence-corrected chi connectivity index (χ2v) is 17.7. The molecular formula is C48H56N4O11. The van der Waals surface area contributed by atoms with E-state index < -0.39 is 41.1 Å². The maximum absolute atomic E-state index is 13.3. The molecule has 4 amide bonds. The van der Waals surface area contributed by atoms with Crippen molar-refractivity contribution >= 4 is 35.9 Å². The smallest absolute Gasteiger partial charge is 0.348 e. The number of benzene rings is 4. The summed E-state index contributed by atoms with van der Waals surface area (Å²) in [7, 11) is 0. The Bertz CT molecular complexity index is 2430. The number of aryl methyl sites for hydroxylation is 4. The molecule has 334 valence electrons. The molecule has 0 bridgehead atoms. The minimum Gasteiger partial charge on any atom is -0.485 e. The topological polar surface area (TPSA) is 190 Å². The summed E-state index contributed by atoms with van der Waals surface area (Å²) in [5.41, 5.74) is 10.5. The summed E-state index contributed by atoms with van der Waals surface area (Å²) in [5, 5.41) is 11.9. The van der Waals surface area contributed by atoms with Crippen molar-refractivity contribution in [1.29, 1.82) is 0 Å². The van der Waals surface area contributed by atoms with Gasteiger partial charge in [0.1, 0.15) is 13.2 Å². The Hall–Kier alpha value is -6.90. The maximum atomic E-state index is 13.3. The van der Waals surface area contributed by atoms with Crippen molar-refractivity contribution in [3.8, 4) is 23.0 Å². The highest BCUT2D eigenvalue weighted by atomic mass is 16.6. The highest BCUT2D eigenvalue weighted by molar-refractivity contribution is 6.02. The van der Waals surface area contributed by atoms with E-state index in [4.69, 9.17) is 18.9 Å². The maximum Gasteiger partial charge on any atom is 0.348 e. The molecule has 0 spiro atoms. The first-order valence-corrected chi connectivity index (χ1v) is 20.4. The van der Waals surface area contributed by atoms with E-state index in [-0.39, 0.29) is 36.3 Å². The fourth-order valence-electron chi connectivity index (χ4n) is 7.06. The lowest BCUT2D eigenvalue weighted by Gasteiger charge is -2.36. The second kappa shape index (κ2) is 18.6. The standard InChI is InChI=1S/C24H28N2O6.C24H28N2O5/c1-13-9-14(2)11-16(10-13)22(28)26(24(4,5)6)25-21(27)17-7-8-18-20(15(17)3)32-19(12-31-18)23(29)30;1-14-9-15(2)11-17(10-14)23(29)26(24(4,5)6)25-22(28)19-7-8-20-21(16(19)3)31-18(12-27)13-30-20/h7-11,19H,12H2,1-6H3,(H,25,27)(H,29,30);7-12,18H,13H2,1-6H3,(H,25,28)/t19-;18-/m10/s1. The SMILES string of the molecule is Cc1cc(C)cc(C(=O)N(NC(=O)c2ccc3c(c2C)O[C@@H](C(=O)O)CO3)C(C)(C)C)c1.Cc1cc(C)cc(C(=O)N(NC(=O)c2ccc3c(c2C)O[C@@H](C=O)CO3)C(C)(C)C)c1. The molecule has 0 radical (unpaired) electrons. The molecule has 15 heteroatoms. The Morgan fingerprint density at radius 3 is 1.35 bits per heavy atom. The zero-order chi connectivity index (χ0) is 46.7. The molecule has 0 saturated heterocycles. The molecular weight excluding hydrogens is 809 g/mol. The number of rotatable bonds is 6. The number of ether oxygens (including phenoxy) is 4. The van der Waals surface area contributed by atoms with Gasteiger partial charge in [-0.05, 0) is 132 Å². The number of carbonyl (C=O) groups is 6. The predicted molar refractivity (Wildman–Crippen MR) is 234 cm³/mol. The molecule has 63 heavy (non-hydrogen) atoms. The number of hydrogen-bond acceptors (Lipinski definition) is 10. The van der Waals surface area contributed by atoms with Gasteiger partial charge in [0.2, 0.25) is 6.10 Å². The van der Waals surface area contributed by atoms with E-state index >= 15 is 0 Å². The fourth-order valence-corrected chi connectivity index (χ4v) is 7.06. The number of carbonyl (C=O) groups excluding carboxylic acids is 5. The zero-order valence-electron chi connectivity index (χ0n) is 37.8. The molecule has 0 unspecified atom stereocenters. The molecule has 3 N–H and O–H groups in total. The van der Waals surface area contributed by atoms with E-state index in [1.54, 1.807) is 62.4 Å². The molecule has 4 aromatic carbocycles. The molecule has 15 nitrogen and oxygen atoms in total. The van der Waals surface area contributed by atoms with Crippen molar-refractivity contribution in [1.82, 2.24) is 20.9 Å². The van der Waals surface area contributed by atoms with Crippen LogP contribution in [0.2, 0.25) is 0 Å². The van der Waals surface area contributed by atoms with Crippen LogP contribution in [0.25, 0.3) is 0 Å². The van der Waals surface area contributed by atoms with Crippen LogP contribution >= 0.6 is 0 Å². The number of aliphatic carboxylic acids is 1. The molecule has 4 aromatic rings. The van der Waals surface area contributed by atoms with E-state index in [9.17, 15) is 33.9 Å². The van der Waals surface area contributed by atoms with Crippen LogP contribution in [0, 0.1) is 41.5 Å². The minimum absolute atomic E-state index is 0.116. The number of carboxylic acids is 1. The van der Waals surface area contributed by atoms with Crippen molar-refractivity contribution in [2.45, 2.75) is 106 Å². The van der Waals surface area contributed by atoms with E-state index in [0.717, 1.165) is 22.3 Å². The average molecular weight is 865 g/mol. The summed E-state index contributed by atoms with van der Waals surface area (Å²) in [6.45, 7) is 22.1. The van der Waals surface area contributed by atoms with Crippen LogP contribution in [0.15, 0.2) is 60.7 Å². The molecule has 0 saturated carbocycles. The lowest BCUT2D eigenvalue weighted by molar-refractivity contribution is -0.147. The second-order valence-electron chi connectivity index (χ2n) is 17.7. The van der Waals surface area contributed by atoms with Gasteiger partial charge in [0.05, 0.1) is 11.1 Å². The lowest BCUT2D eigenvalue weighted by atomic mass is 10.0.